The molecule has 0 saturated carbocycles. The first kappa shape index (κ1) is 59.5. The van der Waals surface area contributed by atoms with E-state index in [4.69, 9.17) is 30.5 Å². The Morgan fingerprint density at radius 3 is 2.01 bits per heavy atom. The average Bonchev–Trinajstić information content (AvgIpc) is 4.11. The normalized spacial score (nSPS) is 16.6. The number of rotatable bonds is 27. The van der Waals surface area contributed by atoms with Gasteiger partial charge in [0.15, 0.2) is 0 Å². The SMILES string of the molecule is Cc1ncsc1-c1ccc(CNC(=O)[C@@H]2C[C@@H](O)CN2C(=O)[C@@H](NC(=O)CCOCCOCCOCCC(=O)N2CCN(CCOc3ccc(C(=C(CCCl)c4ccccc4)c4ccc(O)cc4)cc3)CC2)C(C)(C)C)cc1. The molecule has 3 atom stereocenters. The lowest BCUT2D eigenvalue weighted by Gasteiger charge is -2.35. The molecule has 2 aliphatic heterocycles. The molecule has 2 saturated heterocycles. The number of carbonyl (C=O) groups excluding carboxylic acids is 4. The van der Waals surface area contributed by atoms with Crippen LogP contribution in [0, 0.1) is 12.3 Å². The average molecular weight is 1110 g/mol. The van der Waals surface area contributed by atoms with Crippen LogP contribution >= 0.6 is 22.9 Å². The second-order valence-corrected chi connectivity index (χ2v) is 21.8. The third-order valence-electron chi connectivity index (χ3n) is 13.9. The predicted octanol–water partition coefficient (Wildman–Crippen LogP) is 7.57. The maximum atomic E-state index is 14.0. The van der Waals surface area contributed by atoms with Crippen LogP contribution in [0.4, 0.5) is 0 Å². The number of hydrogen-bond acceptors (Lipinski definition) is 13. The third kappa shape index (κ3) is 17.4. The molecule has 2 aliphatic rings. The van der Waals surface area contributed by atoms with Crippen molar-refractivity contribution >= 4 is 57.7 Å². The molecule has 418 valence electrons. The summed E-state index contributed by atoms with van der Waals surface area (Å²) in [6.45, 7) is 13.4. The van der Waals surface area contributed by atoms with Gasteiger partial charge in [0.05, 0.1) is 68.2 Å². The number of piperazine rings is 1. The number of aliphatic hydroxyl groups excluding tert-OH is 1. The Labute approximate surface area is 467 Å². The number of aromatic nitrogens is 1. The van der Waals surface area contributed by atoms with E-state index < -0.39 is 29.5 Å². The molecule has 16 nitrogen and oxygen atoms in total. The summed E-state index contributed by atoms with van der Waals surface area (Å²) in [5, 5.41) is 26.4. The van der Waals surface area contributed by atoms with Crippen LogP contribution in [0.1, 0.15) is 74.4 Å². The Bertz CT molecular complexity index is 2730. The van der Waals surface area contributed by atoms with Gasteiger partial charge in [-0.25, -0.2) is 4.98 Å². The Morgan fingerprint density at radius 2 is 1.40 bits per heavy atom. The predicted molar refractivity (Wildman–Crippen MR) is 304 cm³/mol. The number of carbonyl (C=O) groups is 4. The molecule has 18 heteroatoms. The first-order valence-electron chi connectivity index (χ1n) is 26.8. The fourth-order valence-corrected chi connectivity index (χ4v) is 10.6. The number of alkyl halides is 1. The van der Waals surface area contributed by atoms with Crippen molar-refractivity contribution in [3.8, 4) is 21.9 Å². The smallest absolute Gasteiger partial charge is 0.246 e. The van der Waals surface area contributed by atoms with Crippen LogP contribution in [0.5, 0.6) is 11.5 Å². The molecular formula is C60H75ClN6O10S. The molecule has 0 radical (unpaired) electrons. The number of phenols is 1. The number of phenolic OH excluding ortho intramolecular Hbond substituents is 1. The first-order valence-corrected chi connectivity index (χ1v) is 28.3. The highest BCUT2D eigenvalue weighted by atomic mass is 35.5. The molecule has 2 fully saturated rings. The number of hydrogen-bond donors (Lipinski definition) is 4. The van der Waals surface area contributed by atoms with Gasteiger partial charge in [0, 0.05) is 64.5 Å². The van der Waals surface area contributed by atoms with Gasteiger partial charge >= 0.3 is 0 Å². The van der Waals surface area contributed by atoms with Crippen molar-refractivity contribution in [3.05, 3.63) is 137 Å². The third-order valence-corrected chi connectivity index (χ3v) is 15.0. The van der Waals surface area contributed by atoms with Crippen molar-refractivity contribution in [3.63, 3.8) is 0 Å². The van der Waals surface area contributed by atoms with Crippen LogP contribution in [0.15, 0.2) is 109 Å². The monoisotopic (exact) mass is 1110 g/mol. The number of nitrogens with one attached hydrogen (secondary N) is 2. The number of amides is 4. The molecule has 4 amide bonds. The minimum Gasteiger partial charge on any atom is -0.508 e. The van der Waals surface area contributed by atoms with Gasteiger partial charge in [-0.3, -0.25) is 24.1 Å². The molecule has 7 rings (SSSR count). The van der Waals surface area contributed by atoms with E-state index in [1.807, 2.05) is 105 Å². The van der Waals surface area contributed by atoms with Gasteiger partial charge in [-0.2, -0.15) is 0 Å². The zero-order valence-electron chi connectivity index (χ0n) is 45.3. The molecule has 78 heavy (non-hydrogen) atoms. The number of likely N-dealkylation sites (tertiary alicyclic amines) is 1. The summed E-state index contributed by atoms with van der Waals surface area (Å²) in [6, 6.07) is 31.6. The van der Waals surface area contributed by atoms with Crippen molar-refractivity contribution in [2.75, 3.05) is 91.4 Å². The van der Waals surface area contributed by atoms with Crippen molar-refractivity contribution in [1.29, 1.82) is 0 Å². The number of aromatic hydroxyl groups is 1. The molecule has 0 unspecified atom stereocenters. The van der Waals surface area contributed by atoms with Crippen LogP contribution < -0.4 is 15.4 Å². The number of β-amino-alcohol motifs (C(OH)–C–C–N with tert-alkyl or cyclic N) is 1. The summed E-state index contributed by atoms with van der Waals surface area (Å²) in [4.78, 5) is 64.4. The molecule has 3 heterocycles. The highest BCUT2D eigenvalue weighted by molar-refractivity contribution is 7.13. The molecule has 1 aromatic heterocycles. The number of aryl methyl sites for hydroxylation is 1. The van der Waals surface area contributed by atoms with Gasteiger partial charge in [0.1, 0.15) is 30.2 Å². The lowest BCUT2D eigenvalue weighted by Crippen LogP contribution is -2.57. The van der Waals surface area contributed by atoms with Crippen LogP contribution in [-0.4, -0.2) is 163 Å². The van der Waals surface area contributed by atoms with Crippen LogP contribution in [-0.2, 0) is 39.9 Å². The molecule has 0 spiro atoms. The summed E-state index contributed by atoms with van der Waals surface area (Å²) >= 11 is 7.89. The number of halogens is 1. The van der Waals surface area contributed by atoms with E-state index in [1.165, 1.54) is 4.90 Å². The second kappa shape index (κ2) is 29.7. The highest BCUT2D eigenvalue weighted by Crippen LogP contribution is 2.36. The lowest BCUT2D eigenvalue weighted by molar-refractivity contribution is -0.144. The highest BCUT2D eigenvalue weighted by Gasteiger charge is 2.44. The molecule has 5 aromatic rings. The maximum absolute atomic E-state index is 14.0. The number of allylic oxidation sites excluding steroid dienone is 1. The van der Waals surface area contributed by atoms with E-state index in [0.717, 1.165) is 74.9 Å². The lowest BCUT2D eigenvalue weighted by atomic mass is 9.85. The van der Waals surface area contributed by atoms with Gasteiger partial charge in [0.25, 0.3) is 0 Å². The largest absolute Gasteiger partial charge is 0.508 e. The van der Waals surface area contributed by atoms with E-state index in [9.17, 15) is 29.4 Å². The second-order valence-electron chi connectivity index (χ2n) is 20.6. The maximum Gasteiger partial charge on any atom is 0.246 e. The van der Waals surface area contributed by atoms with E-state index in [1.54, 1.807) is 23.5 Å². The van der Waals surface area contributed by atoms with Gasteiger partial charge in [0.2, 0.25) is 23.6 Å². The minimum atomic E-state index is -0.939. The van der Waals surface area contributed by atoms with E-state index >= 15 is 0 Å². The van der Waals surface area contributed by atoms with E-state index in [2.05, 4.69) is 44.8 Å². The summed E-state index contributed by atoms with van der Waals surface area (Å²) in [7, 11) is 0. The Hall–Kier alpha value is -6.18. The van der Waals surface area contributed by atoms with Crippen molar-refractivity contribution in [2.45, 2.75) is 78.1 Å². The number of ether oxygens (including phenoxy) is 4. The summed E-state index contributed by atoms with van der Waals surface area (Å²) in [5.74, 6) is 0.343. The fourth-order valence-electron chi connectivity index (χ4n) is 9.56. The van der Waals surface area contributed by atoms with E-state index in [0.29, 0.717) is 58.4 Å². The topological polar surface area (TPSA) is 192 Å². The zero-order chi connectivity index (χ0) is 55.4. The van der Waals surface area contributed by atoms with Crippen molar-refractivity contribution in [2.24, 2.45) is 5.41 Å². The van der Waals surface area contributed by atoms with Crippen LogP contribution in [0.2, 0.25) is 0 Å². The first-order chi connectivity index (χ1) is 37.7. The summed E-state index contributed by atoms with van der Waals surface area (Å²) in [6.07, 6.45) is 0.210. The molecule has 4 aromatic carbocycles. The number of thiazole rings is 1. The summed E-state index contributed by atoms with van der Waals surface area (Å²) < 4.78 is 23.1. The Balaban J connectivity index is 0.725. The van der Waals surface area contributed by atoms with Crippen LogP contribution in [0.3, 0.4) is 0 Å². The molecule has 4 N–H and O–H groups in total. The summed E-state index contributed by atoms with van der Waals surface area (Å²) in [5.41, 5.74) is 9.33. The molecule has 0 bridgehead atoms. The van der Waals surface area contributed by atoms with Gasteiger partial charge in [-0.05, 0) is 82.0 Å². The quantitative estimate of drug-likeness (QED) is 0.0230. The zero-order valence-corrected chi connectivity index (χ0v) is 46.9. The number of aliphatic hydroxyl groups is 1. The van der Waals surface area contributed by atoms with E-state index in [-0.39, 0.29) is 69.0 Å². The van der Waals surface area contributed by atoms with Crippen LogP contribution in [0.25, 0.3) is 21.6 Å². The minimum absolute atomic E-state index is 0.0111. The number of benzene rings is 4. The van der Waals surface area contributed by atoms with Gasteiger partial charge in [-0.15, -0.1) is 22.9 Å². The Morgan fingerprint density at radius 1 is 0.769 bits per heavy atom. The van der Waals surface area contributed by atoms with Gasteiger partial charge < -0.3 is 49.6 Å². The molecular weight excluding hydrogens is 1030 g/mol. The molecule has 0 aliphatic carbocycles. The fraction of sp³-hybridized carbons (Fsp3) is 0.450. The van der Waals surface area contributed by atoms with Gasteiger partial charge in [-0.1, -0.05) is 99.6 Å². The Kier molecular flexibility index (Phi) is 22.6. The standard InChI is InChI=1S/C60H75ClN6O10S/c1-42-56(78-41-63-42)47-12-10-43(11-13-47)39-62-58(72)52-38-49(69)40-67(52)59(73)57(60(2,3)4)64-53(70)23-31-74-34-36-76-37-35-75-32-24-54(71)66-28-26-65(27-29-66)30-33-77-50-20-16-46(17-21-50)55(45-14-18-48(68)19-15-45)51(22-25-61)44-8-6-5-7-9-44/h5-21,41,49,52,57,68-69H,22-40H2,1-4H3,(H,62,72)(H,64,70)/t49-,52+,57-/m1/s1. The number of nitrogens with zero attached hydrogens (tertiary/aromatic N) is 4. The van der Waals surface area contributed by atoms with Crippen molar-refractivity contribution in [1.82, 2.24) is 30.3 Å². The van der Waals surface area contributed by atoms with Crippen molar-refractivity contribution < 1.29 is 48.3 Å².